The molecule has 0 bridgehead atoms. The molecule has 1 N–H and O–H groups in total. The van der Waals surface area contributed by atoms with E-state index < -0.39 is 21.4 Å². The lowest BCUT2D eigenvalue weighted by Crippen LogP contribution is -2.40. The summed E-state index contributed by atoms with van der Waals surface area (Å²) in [6.45, 7) is 3.70. The average Bonchev–Trinajstić information content (AvgIpc) is 2.53. The molecule has 0 radical (unpaired) electrons. The molecule has 0 rings (SSSR count). The molecule has 0 aromatic rings. The minimum absolute atomic E-state index is 0.207. The molecule has 0 aliphatic heterocycles. The van der Waals surface area contributed by atoms with Gasteiger partial charge in [0.1, 0.15) is 0 Å². The zero-order valence-corrected chi connectivity index (χ0v) is 16.3. The normalized spacial score (nSPS) is 12.1. The van der Waals surface area contributed by atoms with Gasteiger partial charge in [0.25, 0.3) is 0 Å². The first-order chi connectivity index (χ1) is 12.2. The van der Waals surface area contributed by atoms with E-state index in [4.69, 9.17) is 0 Å². The van der Waals surface area contributed by atoms with Gasteiger partial charge in [0, 0.05) is 6.42 Å². The Morgan fingerprint density at radius 2 is 1.19 bits per heavy atom. The highest BCUT2D eigenvalue weighted by molar-refractivity contribution is 7.90. The molecular weight excluding hydrogens is 367 g/mol. The number of unbranched alkanes of at least 4 members (excludes halogenated alkanes) is 12. The summed E-state index contributed by atoms with van der Waals surface area (Å²) < 4.78 is 58.8. The zero-order chi connectivity index (χ0) is 19.9. The van der Waals surface area contributed by atoms with Crippen LogP contribution in [0.5, 0.6) is 0 Å². The standard InChI is InChI=1S/C18H32F3NO3S/c1-2-3-4-5-6-7-8-9-10-11-12-13-14-15-16-17(23)22-26(24,25)18(19,20)21/h2H,1,3-16H2,(H,22,23). The maximum atomic E-state index is 12.1. The maximum Gasteiger partial charge on any atom is 0.516 e. The molecule has 0 spiro atoms. The molecule has 0 aromatic heterocycles. The molecule has 0 aromatic carbocycles. The first-order valence-corrected chi connectivity index (χ1v) is 10.9. The second kappa shape index (κ2) is 14.1. The molecule has 0 atom stereocenters. The third-order valence-electron chi connectivity index (χ3n) is 4.11. The van der Waals surface area contributed by atoms with Crippen LogP contribution in [0.3, 0.4) is 0 Å². The third-order valence-corrected chi connectivity index (χ3v) is 5.22. The van der Waals surface area contributed by atoms with E-state index in [2.05, 4.69) is 6.58 Å². The smallest absolute Gasteiger partial charge is 0.274 e. The van der Waals surface area contributed by atoms with Gasteiger partial charge >= 0.3 is 15.5 Å². The Balaban J connectivity index is 3.44. The van der Waals surface area contributed by atoms with Crippen molar-refractivity contribution in [2.75, 3.05) is 0 Å². The number of hydrogen-bond donors (Lipinski definition) is 1. The Labute approximate surface area is 155 Å². The fourth-order valence-corrected chi connectivity index (χ4v) is 3.12. The summed E-state index contributed by atoms with van der Waals surface area (Å²) in [5.74, 6) is -1.10. The Morgan fingerprint density at radius 3 is 1.58 bits per heavy atom. The summed E-state index contributed by atoms with van der Waals surface area (Å²) >= 11 is 0. The van der Waals surface area contributed by atoms with Crippen LogP contribution in [0.4, 0.5) is 13.2 Å². The number of hydrogen-bond acceptors (Lipinski definition) is 3. The van der Waals surface area contributed by atoms with E-state index >= 15 is 0 Å². The Bertz CT molecular complexity index is 490. The summed E-state index contributed by atoms with van der Waals surface area (Å²) in [7, 11) is -5.57. The SMILES string of the molecule is C=CCCCCCCCCCCCCCCC(=O)NS(=O)(=O)C(F)(F)F. The van der Waals surface area contributed by atoms with Crippen LogP contribution in [0.15, 0.2) is 12.7 Å². The number of alkyl halides is 3. The number of amides is 1. The highest BCUT2D eigenvalue weighted by atomic mass is 32.2. The highest BCUT2D eigenvalue weighted by Gasteiger charge is 2.46. The summed E-state index contributed by atoms with van der Waals surface area (Å²) in [6.07, 6.45) is 15.7. The van der Waals surface area contributed by atoms with Gasteiger partial charge in [0.2, 0.25) is 5.91 Å². The van der Waals surface area contributed by atoms with Crippen molar-refractivity contribution in [2.24, 2.45) is 0 Å². The van der Waals surface area contributed by atoms with Gasteiger partial charge in [-0.2, -0.15) is 21.6 Å². The molecule has 0 aliphatic rings. The van der Waals surface area contributed by atoms with E-state index in [1.807, 2.05) is 6.08 Å². The molecule has 0 aliphatic carbocycles. The Kier molecular flexibility index (Phi) is 13.5. The van der Waals surface area contributed by atoms with E-state index in [1.54, 1.807) is 0 Å². The minimum Gasteiger partial charge on any atom is -0.274 e. The van der Waals surface area contributed by atoms with Gasteiger partial charge in [-0.1, -0.05) is 70.3 Å². The van der Waals surface area contributed by atoms with Crippen LogP contribution in [0.1, 0.15) is 89.9 Å². The van der Waals surface area contributed by atoms with Crippen LogP contribution in [0.2, 0.25) is 0 Å². The predicted molar refractivity (Wildman–Crippen MR) is 98.0 cm³/mol. The minimum atomic E-state index is -5.57. The van der Waals surface area contributed by atoms with Gasteiger partial charge in [-0.3, -0.25) is 4.79 Å². The molecule has 1 amide bonds. The quantitative estimate of drug-likeness (QED) is 0.271. The van der Waals surface area contributed by atoms with Crippen molar-refractivity contribution in [3.05, 3.63) is 12.7 Å². The second-order valence-electron chi connectivity index (χ2n) is 6.54. The summed E-state index contributed by atoms with van der Waals surface area (Å²) in [6, 6.07) is 0. The van der Waals surface area contributed by atoms with Crippen molar-refractivity contribution in [3.63, 3.8) is 0 Å². The van der Waals surface area contributed by atoms with Gasteiger partial charge in [-0.25, -0.2) is 4.72 Å². The summed E-state index contributed by atoms with van der Waals surface area (Å²) in [5, 5.41) is 0. The second-order valence-corrected chi connectivity index (χ2v) is 8.22. The van der Waals surface area contributed by atoms with E-state index in [0.29, 0.717) is 12.8 Å². The van der Waals surface area contributed by atoms with Crippen molar-refractivity contribution >= 4 is 15.9 Å². The van der Waals surface area contributed by atoms with Crippen LogP contribution in [-0.2, 0) is 14.8 Å². The van der Waals surface area contributed by atoms with Crippen molar-refractivity contribution < 1.29 is 26.4 Å². The van der Waals surface area contributed by atoms with E-state index in [9.17, 15) is 26.4 Å². The molecule has 8 heteroatoms. The monoisotopic (exact) mass is 399 g/mol. The van der Waals surface area contributed by atoms with Crippen LogP contribution in [0.25, 0.3) is 0 Å². The van der Waals surface area contributed by atoms with Crippen LogP contribution < -0.4 is 4.72 Å². The topological polar surface area (TPSA) is 63.2 Å². The predicted octanol–water partition coefficient (Wildman–Crippen LogP) is 5.60. The average molecular weight is 400 g/mol. The van der Waals surface area contributed by atoms with Gasteiger partial charge in [-0.15, -0.1) is 6.58 Å². The van der Waals surface area contributed by atoms with Crippen molar-refractivity contribution in [3.8, 4) is 0 Å². The lowest BCUT2D eigenvalue weighted by molar-refractivity contribution is -0.120. The molecule has 0 saturated heterocycles. The molecule has 4 nitrogen and oxygen atoms in total. The summed E-state index contributed by atoms with van der Waals surface area (Å²) in [4.78, 5) is 11.2. The van der Waals surface area contributed by atoms with Crippen LogP contribution in [-0.4, -0.2) is 19.8 Å². The maximum absolute atomic E-state index is 12.1. The Hall–Kier alpha value is -1.05. The van der Waals surface area contributed by atoms with Gasteiger partial charge < -0.3 is 0 Å². The lowest BCUT2D eigenvalue weighted by Gasteiger charge is -2.09. The first kappa shape index (κ1) is 24.9. The number of carbonyl (C=O) groups is 1. The van der Waals surface area contributed by atoms with Crippen molar-refractivity contribution in [2.45, 2.75) is 95.4 Å². The third kappa shape index (κ3) is 13.2. The lowest BCUT2D eigenvalue weighted by atomic mass is 10.0. The first-order valence-electron chi connectivity index (χ1n) is 9.43. The number of carbonyl (C=O) groups excluding carboxylic acids is 1. The number of sulfonamides is 1. The van der Waals surface area contributed by atoms with Gasteiger partial charge in [0.05, 0.1) is 0 Å². The molecule has 0 saturated carbocycles. The van der Waals surface area contributed by atoms with E-state index in [-0.39, 0.29) is 6.42 Å². The summed E-state index contributed by atoms with van der Waals surface area (Å²) in [5.41, 5.74) is -5.45. The molecule has 26 heavy (non-hydrogen) atoms. The number of nitrogens with one attached hydrogen (secondary N) is 1. The number of rotatable bonds is 16. The van der Waals surface area contributed by atoms with Crippen molar-refractivity contribution in [1.29, 1.82) is 0 Å². The van der Waals surface area contributed by atoms with Gasteiger partial charge in [0.15, 0.2) is 0 Å². The molecular formula is C18H32F3NO3S. The number of allylic oxidation sites excluding steroid dienone is 1. The molecule has 154 valence electrons. The molecule has 0 unspecified atom stereocenters. The van der Waals surface area contributed by atoms with Crippen LogP contribution in [0, 0.1) is 0 Å². The van der Waals surface area contributed by atoms with Gasteiger partial charge in [-0.05, 0) is 19.3 Å². The number of halogens is 3. The Morgan fingerprint density at radius 1 is 0.808 bits per heavy atom. The molecule has 0 fully saturated rings. The molecule has 0 heterocycles. The fourth-order valence-electron chi connectivity index (χ4n) is 2.60. The van der Waals surface area contributed by atoms with Crippen molar-refractivity contribution in [1.82, 2.24) is 4.72 Å². The van der Waals surface area contributed by atoms with E-state index in [1.165, 1.54) is 44.9 Å². The zero-order valence-electron chi connectivity index (χ0n) is 15.5. The fraction of sp³-hybridized carbons (Fsp3) is 0.833. The van der Waals surface area contributed by atoms with Crippen LogP contribution >= 0.6 is 0 Å². The highest BCUT2D eigenvalue weighted by Crippen LogP contribution is 2.21. The van der Waals surface area contributed by atoms with E-state index in [0.717, 1.165) is 30.4 Å². The largest absolute Gasteiger partial charge is 0.516 e.